The number of methoxy groups -OCH3 is 1. The van der Waals surface area contributed by atoms with Gasteiger partial charge in [0.05, 0.1) is 12.9 Å². The molecule has 27 heavy (non-hydrogen) atoms. The number of carbonyl (C=O) groups is 1. The molecule has 1 heterocycles. The van der Waals surface area contributed by atoms with Crippen LogP contribution < -0.4 is 4.74 Å². The molecule has 0 atom stereocenters. The predicted molar refractivity (Wildman–Crippen MR) is 111 cm³/mol. The predicted octanol–water partition coefficient (Wildman–Crippen LogP) is 4.63. The van der Waals surface area contributed by atoms with Gasteiger partial charge in [-0.15, -0.1) is 10.2 Å². The minimum atomic E-state index is 0.0786. The first-order valence-corrected chi connectivity index (χ1v) is 10.3. The summed E-state index contributed by atoms with van der Waals surface area (Å²) in [6.07, 6.45) is 0.687. The van der Waals surface area contributed by atoms with E-state index in [4.69, 9.17) is 4.74 Å². The van der Waals surface area contributed by atoms with Crippen LogP contribution in [0.25, 0.3) is 0 Å². The van der Waals surface area contributed by atoms with Crippen LogP contribution in [0.2, 0.25) is 0 Å². The van der Waals surface area contributed by atoms with E-state index in [0.29, 0.717) is 17.7 Å². The fourth-order valence-corrected chi connectivity index (χ4v) is 3.83. The van der Waals surface area contributed by atoms with Crippen molar-refractivity contribution in [1.29, 1.82) is 0 Å². The molecule has 7 heteroatoms. The lowest BCUT2D eigenvalue weighted by molar-refractivity contribution is 0.102. The van der Waals surface area contributed by atoms with E-state index in [9.17, 15) is 4.79 Å². The second kappa shape index (κ2) is 9.19. The largest absolute Gasteiger partial charge is 0.497 e. The Kier molecular flexibility index (Phi) is 6.68. The number of aromatic nitrogens is 3. The van der Waals surface area contributed by atoms with Crippen LogP contribution in [0.5, 0.6) is 5.75 Å². The third-order valence-corrected chi connectivity index (χ3v) is 5.62. The van der Waals surface area contributed by atoms with Crippen molar-refractivity contribution in [1.82, 2.24) is 14.8 Å². The van der Waals surface area contributed by atoms with Crippen LogP contribution in [0.1, 0.15) is 28.7 Å². The minimum Gasteiger partial charge on any atom is -0.497 e. The van der Waals surface area contributed by atoms with Crippen LogP contribution >= 0.6 is 27.7 Å². The molecule has 0 saturated heterocycles. The van der Waals surface area contributed by atoms with Crippen LogP contribution in [0, 0.1) is 0 Å². The lowest BCUT2D eigenvalue weighted by atomic mass is 10.1. The van der Waals surface area contributed by atoms with Crippen molar-refractivity contribution in [3.8, 4) is 5.75 Å². The Hall–Kier alpha value is -2.12. The number of nitrogens with zero attached hydrogens (tertiary/aromatic N) is 3. The summed E-state index contributed by atoms with van der Waals surface area (Å²) < 4.78 is 8.21. The summed E-state index contributed by atoms with van der Waals surface area (Å²) in [5, 5.41) is 9.39. The molecule has 2 aromatic carbocycles. The SMILES string of the molecule is CCn1c(Cc2ccc(OC)cc2)nnc1SCC(=O)c1ccc(Br)cc1. The molecular formula is C20H20BrN3O2S. The summed E-state index contributed by atoms with van der Waals surface area (Å²) in [5.74, 6) is 2.14. The molecule has 0 N–H and O–H groups in total. The van der Waals surface area contributed by atoms with E-state index in [-0.39, 0.29) is 5.78 Å². The van der Waals surface area contributed by atoms with Gasteiger partial charge in [0.2, 0.25) is 0 Å². The number of carbonyl (C=O) groups excluding carboxylic acids is 1. The van der Waals surface area contributed by atoms with Crippen molar-refractivity contribution < 1.29 is 9.53 Å². The third-order valence-electron chi connectivity index (χ3n) is 4.13. The van der Waals surface area contributed by atoms with E-state index in [1.807, 2.05) is 48.5 Å². The van der Waals surface area contributed by atoms with Crippen LogP contribution in [-0.2, 0) is 13.0 Å². The number of Topliss-reactive ketones (excluding diaryl/α,β-unsaturated/α-hetero) is 1. The molecule has 5 nitrogen and oxygen atoms in total. The lowest BCUT2D eigenvalue weighted by Crippen LogP contribution is -2.06. The smallest absolute Gasteiger partial charge is 0.191 e. The van der Waals surface area contributed by atoms with E-state index in [2.05, 4.69) is 37.6 Å². The number of thioether (sulfide) groups is 1. The van der Waals surface area contributed by atoms with Crippen LogP contribution in [-0.4, -0.2) is 33.4 Å². The first-order chi connectivity index (χ1) is 13.1. The summed E-state index contributed by atoms with van der Waals surface area (Å²) in [7, 11) is 1.65. The Morgan fingerprint density at radius 2 is 1.81 bits per heavy atom. The standard InChI is InChI=1S/C20H20BrN3O2S/c1-3-24-19(12-14-4-10-17(26-2)11-5-14)22-23-20(24)27-13-18(25)15-6-8-16(21)9-7-15/h4-11H,3,12-13H2,1-2H3. The molecule has 0 amide bonds. The summed E-state index contributed by atoms with van der Waals surface area (Å²) >= 11 is 4.81. The first-order valence-electron chi connectivity index (χ1n) is 8.57. The van der Waals surface area contributed by atoms with Gasteiger partial charge in [0, 0.05) is 23.0 Å². The molecule has 3 rings (SSSR count). The van der Waals surface area contributed by atoms with Crippen LogP contribution in [0.15, 0.2) is 58.2 Å². The van der Waals surface area contributed by atoms with Crippen LogP contribution in [0.4, 0.5) is 0 Å². The molecule has 0 unspecified atom stereocenters. The molecule has 0 spiro atoms. The second-order valence-corrected chi connectivity index (χ2v) is 7.74. The molecule has 0 radical (unpaired) electrons. The average molecular weight is 446 g/mol. The van der Waals surface area contributed by atoms with Crippen molar-refractivity contribution in [3.05, 3.63) is 70.0 Å². The third kappa shape index (κ3) is 4.99. The Morgan fingerprint density at radius 1 is 1.11 bits per heavy atom. The van der Waals surface area contributed by atoms with Gasteiger partial charge in [-0.2, -0.15) is 0 Å². The number of halogens is 1. The number of ether oxygens (including phenoxy) is 1. The molecule has 0 aliphatic heterocycles. The quantitative estimate of drug-likeness (QED) is 0.373. The molecule has 0 saturated carbocycles. The summed E-state index contributed by atoms with van der Waals surface area (Å²) in [6.45, 7) is 2.81. The first kappa shape index (κ1) is 19.6. The second-order valence-electron chi connectivity index (χ2n) is 5.89. The van der Waals surface area contributed by atoms with Crippen molar-refractivity contribution in [2.24, 2.45) is 0 Å². The number of hydrogen-bond donors (Lipinski definition) is 0. The van der Waals surface area contributed by atoms with Crippen LogP contribution in [0.3, 0.4) is 0 Å². The molecular weight excluding hydrogens is 426 g/mol. The van der Waals surface area contributed by atoms with Gasteiger partial charge >= 0.3 is 0 Å². The number of rotatable bonds is 8. The minimum absolute atomic E-state index is 0.0786. The lowest BCUT2D eigenvalue weighted by Gasteiger charge is -2.08. The van der Waals surface area contributed by atoms with Gasteiger partial charge in [-0.1, -0.05) is 52.0 Å². The highest BCUT2D eigenvalue weighted by Crippen LogP contribution is 2.21. The number of ketones is 1. The zero-order valence-electron chi connectivity index (χ0n) is 15.2. The Morgan fingerprint density at radius 3 is 2.44 bits per heavy atom. The van der Waals surface area contributed by atoms with Gasteiger partial charge in [-0.3, -0.25) is 4.79 Å². The molecule has 140 valence electrons. The maximum absolute atomic E-state index is 12.4. The Bertz CT molecular complexity index is 908. The van der Waals surface area contributed by atoms with Gasteiger partial charge in [-0.05, 0) is 36.8 Å². The molecule has 1 aromatic heterocycles. The Balaban J connectivity index is 1.67. The summed E-state index contributed by atoms with van der Waals surface area (Å²) in [5.41, 5.74) is 1.84. The monoisotopic (exact) mass is 445 g/mol. The highest BCUT2D eigenvalue weighted by molar-refractivity contribution is 9.10. The molecule has 3 aromatic rings. The van der Waals surface area contributed by atoms with Gasteiger partial charge in [0.1, 0.15) is 11.6 Å². The molecule has 0 fully saturated rings. The molecule has 0 aliphatic carbocycles. The van der Waals surface area contributed by atoms with E-state index in [1.165, 1.54) is 11.8 Å². The fraction of sp³-hybridized carbons (Fsp3) is 0.250. The molecule has 0 aliphatic rings. The maximum Gasteiger partial charge on any atom is 0.191 e. The topological polar surface area (TPSA) is 57.0 Å². The van der Waals surface area contributed by atoms with E-state index in [1.54, 1.807) is 7.11 Å². The van der Waals surface area contributed by atoms with Gasteiger partial charge in [-0.25, -0.2) is 0 Å². The van der Waals surface area contributed by atoms with E-state index >= 15 is 0 Å². The Labute approximate surface area is 171 Å². The van der Waals surface area contributed by atoms with E-state index < -0.39 is 0 Å². The van der Waals surface area contributed by atoms with Gasteiger partial charge in [0.25, 0.3) is 0 Å². The average Bonchev–Trinajstić information content (AvgIpc) is 3.08. The summed E-state index contributed by atoms with van der Waals surface area (Å²) in [4.78, 5) is 12.4. The maximum atomic E-state index is 12.4. The fourth-order valence-electron chi connectivity index (χ4n) is 2.65. The summed E-state index contributed by atoms with van der Waals surface area (Å²) in [6, 6.07) is 15.3. The van der Waals surface area contributed by atoms with Crippen molar-refractivity contribution in [2.75, 3.05) is 12.9 Å². The number of hydrogen-bond acceptors (Lipinski definition) is 5. The van der Waals surface area contributed by atoms with E-state index in [0.717, 1.165) is 33.3 Å². The normalized spacial score (nSPS) is 10.8. The highest BCUT2D eigenvalue weighted by Gasteiger charge is 2.14. The van der Waals surface area contributed by atoms with Crippen molar-refractivity contribution in [3.63, 3.8) is 0 Å². The number of benzene rings is 2. The van der Waals surface area contributed by atoms with Gasteiger partial charge < -0.3 is 9.30 Å². The van der Waals surface area contributed by atoms with Crippen molar-refractivity contribution in [2.45, 2.75) is 25.0 Å². The highest BCUT2D eigenvalue weighted by atomic mass is 79.9. The van der Waals surface area contributed by atoms with Crippen molar-refractivity contribution >= 4 is 33.5 Å². The zero-order chi connectivity index (χ0) is 19.2. The van der Waals surface area contributed by atoms with Gasteiger partial charge in [0.15, 0.2) is 10.9 Å². The molecule has 0 bridgehead atoms. The zero-order valence-corrected chi connectivity index (χ0v) is 17.6.